The molecule has 4 heterocycles. The highest BCUT2D eigenvalue weighted by Crippen LogP contribution is 2.35. The molecule has 1 fully saturated rings. The lowest BCUT2D eigenvalue weighted by molar-refractivity contribution is 0.0532. The third kappa shape index (κ3) is 4.34. The van der Waals surface area contributed by atoms with E-state index in [1.807, 2.05) is 32.9 Å². The number of cyclic esters (lactones) is 1. The second-order valence-electron chi connectivity index (χ2n) is 9.49. The summed E-state index contributed by atoms with van der Waals surface area (Å²) in [4.78, 5) is 18.3. The second-order valence-corrected chi connectivity index (χ2v) is 9.49. The number of likely N-dealkylation sites (tertiary alicyclic amines) is 1. The van der Waals surface area contributed by atoms with Crippen LogP contribution in [0.15, 0.2) is 30.6 Å². The summed E-state index contributed by atoms with van der Waals surface area (Å²) in [6.45, 7) is 7.45. The molecule has 2 aromatic heterocycles. The Hall–Kier alpha value is -3.17. The number of ether oxygens (including phenoxy) is 1. The third-order valence-corrected chi connectivity index (χ3v) is 7.28. The number of fused-ring (bicyclic) bond motifs is 1. The van der Waals surface area contributed by atoms with Gasteiger partial charge >= 0.3 is 5.97 Å². The van der Waals surface area contributed by atoms with Crippen molar-refractivity contribution in [3.8, 4) is 5.82 Å². The number of pyridine rings is 1. The number of halogens is 2. The van der Waals surface area contributed by atoms with Gasteiger partial charge < -0.3 is 9.84 Å². The van der Waals surface area contributed by atoms with Crippen molar-refractivity contribution in [3.05, 3.63) is 75.2 Å². The zero-order chi connectivity index (χ0) is 24.9. The lowest BCUT2D eigenvalue weighted by atomic mass is 9.83. The van der Waals surface area contributed by atoms with Gasteiger partial charge in [0.1, 0.15) is 12.3 Å². The first-order valence-corrected chi connectivity index (χ1v) is 11.7. The van der Waals surface area contributed by atoms with Crippen molar-refractivity contribution < 1.29 is 23.4 Å². The number of benzene rings is 1. The standard InChI is InChI=1S/C26H28F2N4O3/c1-14-8-23(29-9-15(14)2)32-11-17(24(30-32)25(27)28)10-31-7-6-22(33)20(12-31)18-4-5-19-21(16(18)3)13-35-26(19)34/h4-5,8-9,11,20,22,25,33H,6-7,10,12-13H2,1-3H3/t20-,22+/m0/s1. The molecule has 2 aliphatic rings. The van der Waals surface area contributed by atoms with Crippen molar-refractivity contribution in [2.45, 2.75) is 58.8 Å². The Morgan fingerprint density at radius 2 is 2.03 bits per heavy atom. The highest BCUT2D eigenvalue weighted by molar-refractivity contribution is 5.94. The quantitative estimate of drug-likeness (QED) is 0.551. The molecule has 0 radical (unpaired) electrons. The molecule has 0 saturated carbocycles. The number of aryl methyl sites for hydroxylation is 2. The molecule has 1 N–H and O–H groups in total. The molecule has 1 aromatic carbocycles. The minimum Gasteiger partial charge on any atom is -0.457 e. The summed E-state index contributed by atoms with van der Waals surface area (Å²) in [6.07, 6.45) is 0.594. The van der Waals surface area contributed by atoms with E-state index in [9.17, 15) is 18.7 Å². The molecule has 0 spiro atoms. The van der Waals surface area contributed by atoms with Crippen LogP contribution in [0, 0.1) is 20.8 Å². The van der Waals surface area contributed by atoms with Crippen molar-refractivity contribution >= 4 is 5.97 Å². The monoisotopic (exact) mass is 482 g/mol. The van der Waals surface area contributed by atoms with Gasteiger partial charge in [0.15, 0.2) is 5.82 Å². The van der Waals surface area contributed by atoms with E-state index in [-0.39, 0.29) is 24.2 Å². The summed E-state index contributed by atoms with van der Waals surface area (Å²) >= 11 is 0. The zero-order valence-corrected chi connectivity index (χ0v) is 20.0. The summed E-state index contributed by atoms with van der Waals surface area (Å²) in [5.74, 6) is -0.0230. The maximum absolute atomic E-state index is 13.9. The maximum Gasteiger partial charge on any atom is 0.338 e. The van der Waals surface area contributed by atoms with Gasteiger partial charge in [0, 0.05) is 49.1 Å². The highest BCUT2D eigenvalue weighted by Gasteiger charge is 2.33. The smallest absolute Gasteiger partial charge is 0.338 e. The molecule has 5 rings (SSSR count). The van der Waals surface area contributed by atoms with Crippen molar-refractivity contribution in [1.29, 1.82) is 0 Å². The van der Waals surface area contributed by atoms with E-state index in [1.54, 1.807) is 18.5 Å². The van der Waals surface area contributed by atoms with Crippen molar-refractivity contribution in [1.82, 2.24) is 19.7 Å². The summed E-state index contributed by atoms with van der Waals surface area (Å²) in [6, 6.07) is 5.47. The van der Waals surface area contributed by atoms with Crippen LogP contribution in [0.2, 0.25) is 0 Å². The van der Waals surface area contributed by atoms with Gasteiger partial charge in [0.05, 0.1) is 11.7 Å². The van der Waals surface area contributed by atoms with Gasteiger partial charge in [-0.2, -0.15) is 5.10 Å². The van der Waals surface area contributed by atoms with Crippen molar-refractivity contribution in [2.24, 2.45) is 0 Å². The fraction of sp³-hybridized carbons (Fsp3) is 0.423. The summed E-state index contributed by atoms with van der Waals surface area (Å²) in [7, 11) is 0. The molecule has 0 bridgehead atoms. The Labute approximate surface area is 202 Å². The van der Waals surface area contributed by atoms with Crippen LogP contribution in [-0.2, 0) is 17.9 Å². The summed E-state index contributed by atoms with van der Waals surface area (Å²) in [5.41, 5.74) is 5.56. The fourth-order valence-electron chi connectivity index (χ4n) is 5.05. The normalized spacial score (nSPS) is 20.4. The Balaban J connectivity index is 1.40. The lowest BCUT2D eigenvalue weighted by Gasteiger charge is -2.37. The van der Waals surface area contributed by atoms with Crippen LogP contribution in [0.25, 0.3) is 5.82 Å². The topological polar surface area (TPSA) is 80.5 Å². The number of alkyl halides is 2. The highest BCUT2D eigenvalue weighted by atomic mass is 19.3. The predicted octanol–water partition coefficient (Wildman–Crippen LogP) is 4.15. The van der Waals surface area contributed by atoms with Crippen LogP contribution < -0.4 is 0 Å². The fourth-order valence-corrected chi connectivity index (χ4v) is 5.05. The van der Waals surface area contributed by atoms with E-state index < -0.39 is 12.5 Å². The lowest BCUT2D eigenvalue weighted by Crippen LogP contribution is -2.41. The molecule has 0 aliphatic carbocycles. The van der Waals surface area contributed by atoms with E-state index in [1.165, 1.54) is 4.68 Å². The number of esters is 1. The molecule has 184 valence electrons. The molecule has 35 heavy (non-hydrogen) atoms. The number of rotatable bonds is 5. The van der Waals surface area contributed by atoms with E-state index in [4.69, 9.17) is 4.74 Å². The first kappa shape index (κ1) is 23.6. The summed E-state index contributed by atoms with van der Waals surface area (Å²) < 4.78 is 34.3. The Morgan fingerprint density at radius 1 is 1.23 bits per heavy atom. The number of piperidine rings is 1. The van der Waals surface area contributed by atoms with Crippen LogP contribution >= 0.6 is 0 Å². The molecule has 0 amide bonds. The first-order chi connectivity index (χ1) is 16.7. The molecule has 7 nitrogen and oxygen atoms in total. The molecule has 2 atom stereocenters. The van der Waals surface area contributed by atoms with Crippen molar-refractivity contribution in [2.75, 3.05) is 13.1 Å². The van der Waals surface area contributed by atoms with Gasteiger partial charge in [-0.25, -0.2) is 23.2 Å². The van der Waals surface area contributed by atoms with E-state index in [0.29, 0.717) is 43.0 Å². The van der Waals surface area contributed by atoms with E-state index >= 15 is 0 Å². The van der Waals surface area contributed by atoms with Gasteiger partial charge in [-0.1, -0.05) is 6.07 Å². The van der Waals surface area contributed by atoms with Crippen LogP contribution in [0.1, 0.15) is 68.2 Å². The number of carbonyl (C=O) groups is 1. The Bertz CT molecular complexity index is 1290. The van der Waals surface area contributed by atoms with Crippen LogP contribution in [-0.4, -0.2) is 49.9 Å². The minimum atomic E-state index is -2.71. The molecular weight excluding hydrogens is 454 g/mol. The van der Waals surface area contributed by atoms with Gasteiger partial charge in [-0.3, -0.25) is 4.90 Å². The first-order valence-electron chi connectivity index (χ1n) is 11.7. The number of aromatic nitrogens is 3. The van der Waals surface area contributed by atoms with E-state index in [0.717, 1.165) is 27.8 Å². The number of aliphatic hydroxyl groups is 1. The molecule has 1 saturated heterocycles. The van der Waals surface area contributed by atoms with E-state index in [2.05, 4.69) is 15.0 Å². The average Bonchev–Trinajstić information content (AvgIpc) is 3.42. The molecule has 3 aromatic rings. The third-order valence-electron chi connectivity index (χ3n) is 7.28. The SMILES string of the molecule is Cc1cnc(-n2cc(CN3CC[C@@H](O)[C@H](c4ccc5c(c4C)COC5=O)C3)c(C(F)F)n2)cc1C. The van der Waals surface area contributed by atoms with Crippen LogP contribution in [0.4, 0.5) is 8.78 Å². The summed E-state index contributed by atoms with van der Waals surface area (Å²) in [5, 5.41) is 15.0. The Kier molecular flexibility index (Phi) is 6.14. The second kappa shape index (κ2) is 9.13. The molecule has 0 unspecified atom stereocenters. The largest absolute Gasteiger partial charge is 0.457 e. The number of aliphatic hydroxyl groups excluding tert-OH is 1. The van der Waals surface area contributed by atoms with Gasteiger partial charge in [-0.15, -0.1) is 0 Å². The number of nitrogens with zero attached hydrogens (tertiary/aromatic N) is 4. The average molecular weight is 483 g/mol. The number of hydrogen-bond donors (Lipinski definition) is 1. The zero-order valence-electron chi connectivity index (χ0n) is 20.0. The van der Waals surface area contributed by atoms with Crippen LogP contribution in [0.5, 0.6) is 0 Å². The van der Waals surface area contributed by atoms with Gasteiger partial charge in [-0.05, 0) is 61.6 Å². The minimum absolute atomic E-state index is 0.198. The molecule has 2 aliphatic heterocycles. The Morgan fingerprint density at radius 3 is 2.77 bits per heavy atom. The predicted molar refractivity (Wildman–Crippen MR) is 125 cm³/mol. The number of carbonyl (C=O) groups excluding carboxylic acids is 1. The molecular formula is C26H28F2N4O3. The number of hydrogen-bond acceptors (Lipinski definition) is 6. The van der Waals surface area contributed by atoms with Crippen molar-refractivity contribution in [3.63, 3.8) is 0 Å². The van der Waals surface area contributed by atoms with Crippen LogP contribution in [0.3, 0.4) is 0 Å². The maximum atomic E-state index is 13.9. The molecule has 9 heteroatoms. The van der Waals surface area contributed by atoms with Gasteiger partial charge in [0.2, 0.25) is 0 Å². The van der Waals surface area contributed by atoms with Gasteiger partial charge in [0.25, 0.3) is 6.43 Å².